The van der Waals surface area contributed by atoms with E-state index in [1.807, 2.05) is 31.8 Å². The topological polar surface area (TPSA) is 62.7 Å². The number of H-pyrrole nitrogens is 1. The number of nitrogens with zero attached hydrogens (tertiary/aromatic N) is 2. The second kappa shape index (κ2) is 4.55. The molecule has 0 aliphatic carbocycles. The Bertz CT molecular complexity index is 570. The van der Waals surface area contributed by atoms with Crippen LogP contribution in [0.1, 0.15) is 23.1 Å². The molecule has 2 heterocycles. The third-order valence-corrected chi connectivity index (χ3v) is 2.80. The quantitative estimate of drug-likeness (QED) is 0.820. The summed E-state index contributed by atoms with van der Waals surface area (Å²) in [6, 6.07) is 1.40. The van der Waals surface area contributed by atoms with Gasteiger partial charge in [-0.05, 0) is 14.0 Å². The maximum Gasteiger partial charge on any atom is 0.187 e. The van der Waals surface area contributed by atoms with Crippen molar-refractivity contribution in [1.29, 1.82) is 0 Å². The van der Waals surface area contributed by atoms with Crippen LogP contribution in [0.25, 0.3) is 0 Å². The van der Waals surface area contributed by atoms with Crippen molar-refractivity contribution < 1.29 is 0 Å². The lowest BCUT2D eigenvalue weighted by atomic mass is 10.1. The summed E-state index contributed by atoms with van der Waals surface area (Å²) in [5, 5.41) is 3.12. The SMILES string of the molecule is CNC(c1c[nH]c(C)cc1=O)c1nccn1C. The van der Waals surface area contributed by atoms with Crippen LogP contribution in [0.15, 0.2) is 29.5 Å². The van der Waals surface area contributed by atoms with Gasteiger partial charge in [-0.3, -0.25) is 4.79 Å². The molecule has 0 aliphatic rings. The highest BCUT2D eigenvalue weighted by Gasteiger charge is 2.18. The Balaban J connectivity index is 2.50. The first-order chi connectivity index (χ1) is 8.13. The first-order valence-corrected chi connectivity index (χ1v) is 5.47. The third-order valence-electron chi connectivity index (χ3n) is 2.80. The highest BCUT2D eigenvalue weighted by atomic mass is 16.1. The van der Waals surface area contributed by atoms with Crippen LogP contribution in [0, 0.1) is 6.92 Å². The molecule has 0 spiro atoms. The molecule has 1 unspecified atom stereocenters. The number of pyridine rings is 1. The van der Waals surface area contributed by atoms with E-state index in [1.54, 1.807) is 18.5 Å². The maximum atomic E-state index is 11.9. The van der Waals surface area contributed by atoms with Crippen molar-refractivity contribution in [2.75, 3.05) is 7.05 Å². The number of aromatic amines is 1. The Morgan fingerprint density at radius 2 is 2.29 bits per heavy atom. The summed E-state index contributed by atoms with van der Waals surface area (Å²) < 4.78 is 1.90. The van der Waals surface area contributed by atoms with E-state index in [9.17, 15) is 4.79 Å². The van der Waals surface area contributed by atoms with Crippen LogP contribution in [0.3, 0.4) is 0 Å². The molecule has 0 saturated heterocycles. The zero-order valence-corrected chi connectivity index (χ0v) is 10.2. The molecule has 0 aliphatic heterocycles. The van der Waals surface area contributed by atoms with Crippen LogP contribution in [0.5, 0.6) is 0 Å². The molecule has 17 heavy (non-hydrogen) atoms. The van der Waals surface area contributed by atoms with Gasteiger partial charge in [-0.2, -0.15) is 0 Å². The van der Waals surface area contributed by atoms with Crippen LogP contribution in [0.4, 0.5) is 0 Å². The van der Waals surface area contributed by atoms with E-state index in [0.29, 0.717) is 5.56 Å². The fourth-order valence-corrected chi connectivity index (χ4v) is 1.89. The van der Waals surface area contributed by atoms with Gasteiger partial charge < -0.3 is 14.9 Å². The Hall–Kier alpha value is -1.88. The highest BCUT2D eigenvalue weighted by Crippen LogP contribution is 2.15. The molecule has 0 fully saturated rings. The van der Waals surface area contributed by atoms with Gasteiger partial charge in [0.05, 0.1) is 6.04 Å². The van der Waals surface area contributed by atoms with Gasteiger partial charge in [-0.25, -0.2) is 4.98 Å². The fraction of sp³-hybridized carbons (Fsp3) is 0.333. The van der Waals surface area contributed by atoms with Crippen molar-refractivity contribution in [1.82, 2.24) is 19.9 Å². The fourth-order valence-electron chi connectivity index (χ4n) is 1.89. The minimum atomic E-state index is -0.195. The molecule has 2 rings (SSSR count). The molecular formula is C12H16N4O. The van der Waals surface area contributed by atoms with Crippen LogP contribution >= 0.6 is 0 Å². The first kappa shape index (κ1) is 11.6. The molecule has 5 nitrogen and oxygen atoms in total. The lowest BCUT2D eigenvalue weighted by Gasteiger charge is -2.15. The second-order valence-corrected chi connectivity index (χ2v) is 4.05. The van der Waals surface area contributed by atoms with Crippen LogP contribution < -0.4 is 10.7 Å². The van der Waals surface area contributed by atoms with Crippen LogP contribution in [-0.2, 0) is 7.05 Å². The van der Waals surface area contributed by atoms with Crippen molar-refractivity contribution in [2.45, 2.75) is 13.0 Å². The molecule has 5 heteroatoms. The lowest BCUT2D eigenvalue weighted by Crippen LogP contribution is -2.26. The molecule has 0 amide bonds. The van der Waals surface area contributed by atoms with Gasteiger partial charge in [0.25, 0.3) is 0 Å². The molecule has 0 aromatic carbocycles. The summed E-state index contributed by atoms with van der Waals surface area (Å²) in [6.45, 7) is 1.86. The van der Waals surface area contributed by atoms with Crippen molar-refractivity contribution >= 4 is 0 Å². The Morgan fingerprint density at radius 3 is 2.82 bits per heavy atom. The van der Waals surface area contributed by atoms with Gasteiger partial charge in [0.2, 0.25) is 0 Å². The van der Waals surface area contributed by atoms with E-state index < -0.39 is 0 Å². The molecule has 2 N–H and O–H groups in total. The molecule has 0 saturated carbocycles. The molecule has 0 radical (unpaired) electrons. The number of nitrogens with one attached hydrogen (secondary N) is 2. The lowest BCUT2D eigenvalue weighted by molar-refractivity contribution is 0.612. The zero-order valence-electron chi connectivity index (χ0n) is 10.2. The normalized spacial score (nSPS) is 12.6. The third kappa shape index (κ3) is 2.14. The number of hydrogen-bond donors (Lipinski definition) is 2. The van der Waals surface area contributed by atoms with E-state index in [2.05, 4.69) is 15.3 Å². The average Bonchev–Trinajstić information content (AvgIpc) is 2.69. The monoisotopic (exact) mass is 232 g/mol. The van der Waals surface area contributed by atoms with Gasteiger partial charge in [0.1, 0.15) is 5.82 Å². The summed E-state index contributed by atoms with van der Waals surface area (Å²) in [6.07, 6.45) is 5.33. The summed E-state index contributed by atoms with van der Waals surface area (Å²) >= 11 is 0. The molecular weight excluding hydrogens is 216 g/mol. The van der Waals surface area contributed by atoms with Gasteiger partial charge in [-0.15, -0.1) is 0 Å². The average molecular weight is 232 g/mol. The van der Waals surface area contributed by atoms with Crippen molar-refractivity contribution in [3.8, 4) is 0 Å². The smallest absolute Gasteiger partial charge is 0.187 e. The summed E-state index contributed by atoms with van der Waals surface area (Å²) in [4.78, 5) is 19.3. The van der Waals surface area contributed by atoms with Crippen LogP contribution in [0.2, 0.25) is 0 Å². The number of imidazole rings is 1. The zero-order chi connectivity index (χ0) is 12.4. The van der Waals surface area contributed by atoms with E-state index >= 15 is 0 Å². The predicted octanol–water partition coefficient (Wildman–Crippen LogP) is 0.726. The number of rotatable bonds is 3. The molecule has 0 bridgehead atoms. The molecule has 2 aromatic heterocycles. The highest BCUT2D eigenvalue weighted by molar-refractivity contribution is 5.23. The summed E-state index contributed by atoms with van der Waals surface area (Å²) in [5.74, 6) is 0.821. The largest absolute Gasteiger partial charge is 0.365 e. The Kier molecular flexibility index (Phi) is 3.10. The summed E-state index contributed by atoms with van der Waals surface area (Å²) in [5.41, 5.74) is 1.55. The number of hydrogen-bond acceptors (Lipinski definition) is 3. The maximum absolute atomic E-state index is 11.9. The number of aromatic nitrogens is 3. The number of aryl methyl sites for hydroxylation is 2. The van der Waals surface area contributed by atoms with E-state index in [1.165, 1.54) is 0 Å². The standard InChI is InChI=1S/C12H16N4O/c1-8-6-10(17)9(7-15-8)11(13-2)12-14-4-5-16(12)3/h4-7,11,13H,1-3H3,(H,15,17). The molecule has 2 aromatic rings. The minimum absolute atomic E-state index is 0.0172. The van der Waals surface area contributed by atoms with Gasteiger partial charge in [-0.1, -0.05) is 0 Å². The van der Waals surface area contributed by atoms with Crippen molar-refractivity contribution in [3.05, 3.63) is 52.0 Å². The Labute approximate surface area is 99.5 Å². The summed E-state index contributed by atoms with van der Waals surface area (Å²) in [7, 11) is 3.73. The van der Waals surface area contributed by atoms with Crippen LogP contribution in [-0.4, -0.2) is 21.6 Å². The van der Waals surface area contributed by atoms with Crippen molar-refractivity contribution in [3.63, 3.8) is 0 Å². The van der Waals surface area contributed by atoms with Gasteiger partial charge >= 0.3 is 0 Å². The first-order valence-electron chi connectivity index (χ1n) is 5.47. The van der Waals surface area contributed by atoms with Crippen molar-refractivity contribution in [2.24, 2.45) is 7.05 Å². The minimum Gasteiger partial charge on any atom is -0.365 e. The molecule has 1 atom stereocenters. The predicted molar refractivity (Wildman–Crippen MR) is 65.9 cm³/mol. The van der Waals surface area contributed by atoms with E-state index in [0.717, 1.165) is 11.5 Å². The second-order valence-electron chi connectivity index (χ2n) is 4.05. The molecule has 90 valence electrons. The van der Waals surface area contributed by atoms with E-state index in [4.69, 9.17) is 0 Å². The van der Waals surface area contributed by atoms with Gasteiger partial charge in [0, 0.05) is 43.0 Å². The van der Waals surface area contributed by atoms with Gasteiger partial charge in [0.15, 0.2) is 5.43 Å². The Morgan fingerprint density at radius 1 is 1.53 bits per heavy atom. The van der Waals surface area contributed by atoms with E-state index in [-0.39, 0.29) is 11.5 Å².